The molecule has 1 N–H and O–H groups in total. The van der Waals surface area contributed by atoms with Crippen LogP contribution in [0.1, 0.15) is 40.0 Å². The molecule has 0 radical (unpaired) electrons. The number of ketones is 1. The molecule has 18 heavy (non-hydrogen) atoms. The highest BCUT2D eigenvalue weighted by atomic mass is 16.3. The Hall–Kier alpha value is -0.410. The zero-order valence-electron chi connectivity index (χ0n) is 11.9. The monoisotopic (exact) mass is 253 g/mol. The smallest absolute Gasteiger partial charge is 0.137 e. The largest absolute Gasteiger partial charge is 0.395 e. The lowest BCUT2D eigenvalue weighted by Gasteiger charge is -2.36. The molecule has 0 aromatic heterocycles. The third-order valence-electron chi connectivity index (χ3n) is 5.04. The summed E-state index contributed by atoms with van der Waals surface area (Å²) in [4.78, 5) is 14.5. The first-order valence-electron chi connectivity index (χ1n) is 7.40. The van der Waals surface area contributed by atoms with Gasteiger partial charge in [-0.2, -0.15) is 0 Å². The van der Waals surface area contributed by atoms with Crippen LogP contribution >= 0.6 is 0 Å². The fourth-order valence-corrected chi connectivity index (χ4v) is 3.84. The Morgan fingerprint density at radius 3 is 2.61 bits per heavy atom. The van der Waals surface area contributed by atoms with E-state index in [2.05, 4.69) is 25.7 Å². The Balaban J connectivity index is 1.98. The van der Waals surface area contributed by atoms with E-state index in [0.29, 0.717) is 23.5 Å². The van der Waals surface area contributed by atoms with Gasteiger partial charge in [-0.3, -0.25) is 9.69 Å². The number of rotatable bonds is 3. The number of hydrogen-bond donors (Lipinski definition) is 1. The summed E-state index contributed by atoms with van der Waals surface area (Å²) in [5.41, 5.74) is 0. The summed E-state index contributed by atoms with van der Waals surface area (Å²) >= 11 is 0. The van der Waals surface area contributed by atoms with E-state index in [1.807, 2.05) is 0 Å². The Labute approximate surface area is 111 Å². The van der Waals surface area contributed by atoms with Crippen LogP contribution in [0.4, 0.5) is 0 Å². The lowest BCUT2D eigenvalue weighted by Crippen LogP contribution is -2.44. The summed E-state index contributed by atoms with van der Waals surface area (Å²) in [6, 6.07) is 0.268. The van der Waals surface area contributed by atoms with Gasteiger partial charge in [-0.15, -0.1) is 0 Å². The molecule has 1 aliphatic heterocycles. The Kier molecular flexibility index (Phi) is 4.44. The van der Waals surface area contributed by atoms with Crippen LogP contribution in [0.3, 0.4) is 0 Å². The average Bonchev–Trinajstić information content (AvgIpc) is 2.64. The van der Waals surface area contributed by atoms with Gasteiger partial charge in [0.15, 0.2) is 0 Å². The van der Waals surface area contributed by atoms with Gasteiger partial charge in [0.2, 0.25) is 0 Å². The van der Waals surface area contributed by atoms with Gasteiger partial charge in [0.05, 0.1) is 6.61 Å². The molecule has 1 heterocycles. The number of carbonyl (C=O) groups is 1. The third-order valence-corrected chi connectivity index (χ3v) is 5.04. The normalized spacial score (nSPS) is 42.4. The van der Waals surface area contributed by atoms with Gasteiger partial charge in [0.1, 0.15) is 5.78 Å². The van der Waals surface area contributed by atoms with Gasteiger partial charge in [-0.25, -0.2) is 0 Å². The fraction of sp³-hybridized carbons (Fsp3) is 0.933. The molecule has 0 spiro atoms. The van der Waals surface area contributed by atoms with E-state index in [1.165, 1.54) is 6.42 Å². The summed E-state index contributed by atoms with van der Waals surface area (Å²) in [6.45, 7) is 8.73. The quantitative estimate of drug-likeness (QED) is 0.835. The number of nitrogens with zero attached hydrogens (tertiary/aromatic N) is 1. The maximum absolute atomic E-state index is 12.2. The standard InChI is InChI=1S/C15H27NO2/c1-10-6-12(3)13(15(18)7-10)8-16-5-4-11(2)14(16)9-17/h10-14,17H,4-9H2,1-3H3. The number of carbonyl (C=O) groups excluding carboxylic acids is 1. The highest BCUT2D eigenvalue weighted by molar-refractivity contribution is 5.82. The van der Waals surface area contributed by atoms with Gasteiger partial charge in [-0.05, 0) is 37.1 Å². The van der Waals surface area contributed by atoms with E-state index < -0.39 is 0 Å². The SMILES string of the molecule is CC1CC(=O)C(CN2CCC(C)C2CO)C(C)C1. The van der Waals surface area contributed by atoms with Crippen molar-refractivity contribution < 1.29 is 9.90 Å². The Morgan fingerprint density at radius 1 is 1.28 bits per heavy atom. The molecule has 2 rings (SSSR count). The maximum atomic E-state index is 12.2. The number of aliphatic hydroxyl groups is 1. The molecule has 0 amide bonds. The molecule has 3 nitrogen and oxygen atoms in total. The minimum absolute atomic E-state index is 0.195. The van der Waals surface area contributed by atoms with Crippen molar-refractivity contribution in [3.63, 3.8) is 0 Å². The van der Waals surface area contributed by atoms with Crippen LogP contribution in [0.5, 0.6) is 0 Å². The molecule has 2 fully saturated rings. The summed E-state index contributed by atoms with van der Waals surface area (Å²) in [5.74, 6) is 2.24. The van der Waals surface area contributed by atoms with Gasteiger partial charge >= 0.3 is 0 Å². The van der Waals surface area contributed by atoms with Crippen molar-refractivity contribution in [3.8, 4) is 0 Å². The molecule has 1 saturated heterocycles. The molecular formula is C15H27NO2. The Bertz CT molecular complexity index is 305. The molecule has 1 aliphatic carbocycles. The second kappa shape index (κ2) is 5.70. The van der Waals surface area contributed by atoms with Crippen LogP contribution in [0, 0.1) is 23.7 Å². The van der Waals surface area contributed by atoms with Gasteiger partial charge in [0, 0.05) is 24.9 Å². The second-order valence-corrected chi connectivity index (χ2v) is 6.61. The van der Waals surface area contributed by atoms with E-state index in [9.17, 15) is 9.90 Å². The average molecular weight is 253 g/mol. The molecule has 5 unspecified atom stereocenters. The van der Waals surface area contributed by atoms with Gasteiger partial charge < -0.3 is 5.11 Å². The fourth-order valence-electron chi connectivity index (χ4n) is 3.84. The molecule has 104 valence electrons. The molecule has 0 aromatic rings. The predicted molar refractivity (Wildman–Crippen MR) is 72.3 cm³/mol. The first kappa shape index (κ1) is 14.0. The lowest BCUT2D eigenvalue weighted by molar-refractivity contribution is -0.129. The van der Waals surface area contributed by atoms with E-state index in [-0.39, 0.29) is 18.6 Å². The van der Waals surface area contributed by atoms with Crippen LogP contribution in [-0.4, -0.2) is 41.5 Å². The minimum atomic E-state index is 0.195. The number of Topliss-reactive ketones (excluding diaryl/α,β-unsaturated/α-hetero) is 1. The molecule has 1 saturated carbocycles. The van der Waals surface area contributed by atoms with Crippen LogP contribution in [0.25, 0.3) is 0 Å². The lowest BCUT2D eigenvalue weighted by atomic mass is 9.74. The third kappa shape index (κ3) is 2.77. The maximum Gasteiger partial charge on any atom is 0.137 e. The van der Waals surface area contributed by atoms with Crippen LogP contribution in [-0.2, 0) is 4.79 Å². The zero-order chi connectivity index (χ0) is 13.3. The number of aliphatic hydroxyl groups excluding tert-OH is 1. The molecule has 0 aromatic carbocycles. The summed E-state index contributed by atoms with van der Waals surface area (Å²) < 4.78 is 0. The van der Waals surface area contributed by atoms with E-state index in [4.69, 9.17) is 0 Å². The van der Waals surface area contributed by atoms with Crippen LogP contribution < -0.4 is 0 Å². The minimum Gasteiger partial charge on any atom is -0.395 e. The van der Waals surface area contributed by atoms with Crippen molar-refractivity contribution in [2.45, 2.75) is 46.1 Å². The Morgan fingerprint density at radius 2 is 2.00 bits per heavy atom. The van der Waals surface area contributed by atoms with Crippen molar-refractivity contribution in [1.82, 2.24) is 4.90 Å². The number of likely N-dealkylation sites (tertiary alicyclic amines) is 1. The zero-order valence-corrected chi connectivity index (χ0v) is 11.9. The first-order valence-corrected chi connectivity index (χ1v) is 7.40. The molecule has 2 aliphatic rings. The van der Waals surface area contributed by atoms with Crippen molar-refractivity contribution in [2.75, 3.05) is 19.7 Å². The van der Waals surface area contributed by atoms with Crippen LogP contribution in [0.2, 0.25) is 0 Å². The predicted octanol–water partition coefficient (Wildman–Crippen LogP) is 1.94. The molecule has 0 bridgehead atoms. The van der Waals surface area contributed by atoms with E-state index in [0.717, 1.165) is 25.9 Å². The van der Waals surface area contributed by atoms with E-state index >= 15 is 0 Å². The highest BCUT2D eigenvalue weighted by Gasteiger charge is 2.37. The second-order valence-electron chi connectivity index (χ2n) is 6.61. The summed E-state index contributed by atoms with van der Waals surface area (Å²) in [5, 5.41) is 9.48. The van der Waals surface area contributed by atoms with Crippen molar-refractivity contribution in [2.24, 2.45) is 23.7 Å². The molecule has 5 atom stereocenters. The number of hydrogen-bond acceptors (Lipinski definition) is 3. The van der Waals surface area contributed by atoms with Gasteiger partial charge in [-0.1, -0.05) is 20.8 Å². The summed E-state index contributed by atoms with van der Waals surface area (Å²) in [7, 11) is 0. The van der Waals surface area contributed by atoms with E-state index in [1.54, 1.807) is 0 Å². The highest BCUT2D eigenvalue weighted by Crippen LogP contribution is 2.33. The van der Waals surface area contributed by atoms with Crippen molar-refractivity contribution in [3.05, 3.63) is 0 Å². The van der Waals surface area contributed by atoms with Crippen LogP contribution in [0.15, 0.2) is 0 Å². The van der Waals surface area contributed by atoms with Crippen molar-refractivity contribution in [1.29, 1.82) is 0 Å². The van der Waals surface area contributed by atoms with Gasteiger partial charge in [0.25, 0.3) is 0 Å². The molecular weight excluding hydrogens is 226 g/mol. The van der Waals surface area contributed by atoms with Crippen molar-refractivity contribution >= 4 is 5.78 Å². The first-order chi connectivity index (χ1) is 8.52. The summed E-state index contributed by atoms with van der Waals surface area (Å²) in [6.07, 6.45) is 3.07. The topological polar surface area (TPSA) is 40.5 Å². The molecule has 3 heteroatoms.